The van der Waals surface area contributed by atoms with Gasteiger partial charge in [-0.25, -0.2) is 0 Å². The topological polar surface area (TPSA) is 66.1 Å². The summed E-state index contributed by atoms with van der Waals surface area (Å²) in [5.74, 6) is 0.662. The van der Waals surface area contributed by atoms with Crippen LogP contribution >= 0.6 is 0 Å². The summed E-state index contributed by atoms with van der Waals surface area (Å²) in [6.07, 6.45) is 1.09. The van der Waals surface area contributed by atoms with E-state index in [2.05, 4.69) is 11.1 Å². The Balaban J connectivity index is 2.12. The van der Waals surface area contributed by atoms with Crippen molar-refractivity contribution >= 4 is 0 Å². The number of nitrogens with zero attached hydrogens (tertiary/aromatic N) is 2. The van der Waals surface area contributed by atoms with Gasteiger partial charge in [0, 0.05) is 18.2 Å². The maximum absolute atomic E-state index is 10.7. The van der Waals surface area contributed by atoms with E-state index in [-0.39, 0.29) is 0 Å². The third-order valence-electron chi connectivity index (χ3n) is 3.76. The van der Waals surface area contributed by atoms with E-state index in [0.29, 0.717) is 24.5 Å². The van der Waals surface area contributed by atoms with E-state index in [4.69, 9.17) is 4.74 Å². The molecule has 1 aliphatic rings. The lowest BCUT2D eigenvalue weighted by molar-refractivity contribution is 0.0773. The standard InChI is InChI=1S/C16H14N2O2/c17-11-16(15(19)13-6-3-4-9-18-13)8-10-20-14-7-2-1-5-12(14)16/h1-7,9,15,19H,8,10H2. The largest absolute Gasteiger partial charge is 0.493 e. The van der Waals surface area contributed by atoms with Crippen LogP contribution in [0.25, 0.3) is 0 Å². The predicted octanol–water partition coefficient (Wildman–Crippen LogP) is 2.36. The highest BCUT2D eigenvalue weighted by Gasteiger charge is 2.45. The Morgan fingerprint density at radius 3 is 2.80 bits per heavy atom. The van der Waals surface area contributed by atoms with Crippen molar-refractivity contribution < 1.29 is 9.84 Å². The summed E-state index contributed by atoms with van der Waals surface area (Å²) in [5, 5.41) is 20.4. The van der Waals surface area contributed by atoms with Crippen molar-refractivity contribution in [2.75, 3.05) is 6.61 Å². The summed E-state index contributed by atoms with van der Waals surface area (Å²) in [5.41, 5.74) is 0.223. The lowest BCUT2D eigenvalue weighted by Gasteiger charge is -2.36. The van der Waals surface area contributed by atoms with Crippen LogP contribution in [0.15, 0.2) is 48.7 Å². The van der Waals surface area contributed by atoms with Crippen molar-refractivity contribution in [3.05, 3.63) is 59.9 Å². The Bertz CT molecular complexity index is 651. The third kappa shape index (κ3) is 1.84. The molecule has 1 aliphatic heterocycles. The molecule has 2 unspecified atom stereocenters. The highest BCUT2D eigenvalue weighted by atomic mass is 16.5. The molecule has 0 bridgehead atoms. The molecule has 0 aliphatic carbocycles. The van der Waals surface area contributed by atoms with E-state index < -0.39 is 11.5 Å². The number of pyridine rings is 1. The minimum atomic E-state index is -1.01. The number of hydrogen-bond acceptors (Lipinski definition) is 4. The van der Waals surface area contributed by atoms with Gasteiger partial charge >= 0.3 is 0 Å². The van der Waals surface area contributed by atoms with E-state index in [1.807, 2.05) is 30.3 Å². The first-order valence-corrected chi connectivity index (χ1v) is 6.50. The molecule has 0 saturated heterocycles. The summed E-state index contributed by atoms with van der Waals surface area (Å²) in [4.78, 5) is 4.18. The normalized spacial score (nSPS) is 22.2. The predicted molar refractivity (Wildman–Crippen MR) is 73.0 cm³/mol. The van der Waals surface area contributed by atoms with Crippen LogP contribution in [-0.2, 0) is 5.41 Å². The summed E-state index contributed by atoms with van der Waals surface area (Å²) >= 11 is 0. The molecule has 0 spiro atoms. The van der Waals surface area contributed by atoms with Gasteiger partial charge in [-0.3, -0.25) is 4.98 Å². The lowest BCUT2D eigenvalue weighted by Crippen LogP contribution is -2.38. The number of aromatic nitrogens is 1. The number of fused-ring (bicyclic) bond motifs is 1. The molecule has 0 fully saturated rings. The third-order valence-corrected chi connectivity index (χ3v) is 3.76. The van der Waals surface area contributed by atoms with E-state index in [1.54, 1.807) is 18.3 Å². The van der Waals surface area contributed by atoms with Gasteiger partial charge in [-0.05, 0) is 18.2 Å². The maximum atomic E-state index is 10.7. The fourth-order valence-electron chi connectivity index (χ4n) is 2.67. The second kappa shape index (κ2) is 4.95. The molecule has 1 N–H and O–H groups in total. The van der Waals surface area contributed by atoms with Gasteiger partial charge in [0.05, 0.1) is 18.4 Å². The Morgan fingerprint density at radius 1 is 1.25 bits per heavy atom. The molecule has 20 heavy (non-hydrogen) atoms. The molecule has 0 saturated carbocycles. The highest BCUT2D eigenvalue weighted by Crippen LogP contribution is 2.45. The zero-order valence-electron chi connectivity index (χ0n) is 10.9. The minimum absolute atomic E-state index is 0.411. The molecule has 2 heterocycles. The number of hydrogen-bond donors (Lipinski definition) is 1. The van der Waals surface area contributed by atoms with E-state index >= 15 is 0 Å². The minimum Gasteiger partial charge on any atom is -0.493 e. The quantitative estimate of drug-likeness (QED) is 0.906. The summed E-state index contributed by atoms with van der Waals surface area (Å²) in [6, 6.07) is 15.0. The molecule has 100 valence electrons. The summed E-state index contributed by atoms with van der Waals surface area (Å²) in [6.45, 7) is 0.411. The van der Waals surface area contributed by atoms with Gasteiger partial charge in [-0.2, -0.15) is 5.26 Å². The number of nitriles is 1. The van der Waals surface area contributed by atoms with Gasteiger partial charge in [-0.15, -0.1) is 0 Å². The van der Waals surface area contributed by atoms with E-state index in [0.717, 1.165) is 5.56 Å². The number of benzene rings is 1. The Morgan fingerprint density at radius 2 is 2.05 bits per heavy atom. The molecule has 1 aromatic heterocycles. The van der Waals surface area contributed by atoms with Gasteiger partial charge in [0.1, 0.15) is 17.3 Å². The van der Waals surface area contributed by atoms with Crippen molar-refractivity contribution in [3.63, 3.8) is 0 Å². The maximum Gasteiger partial charge on any atom is 0.124 e. The van der Waals surface area contributed by atoms with Crippen LogP contribution in [0.2, 0.25) is 0 Å². The Kier molecular flexibility index (Phi) is 3.13. The first-order chi connectivity index (χ1) is 9.78. The number of para-hydroxylation sites is 1. The van der Waals surface area contributed by atoms with Crippen LogP contribution in [0.3, 0.4) is 0 Å². The molecular formula is C16H14N2O2. The second-order valence-electron chi connectivity index (χ2n) is 4.83. The van der Waals surface area contributed by atoms with Crippen molar-refractivity contribution in [1.29, 1.82) is 5.26 Å². The van der Waals surface area contributed by atoms with Crippen LogP contribution in [0, 0.1) is 11.3 Å². The molecule has 2 aromatic rings. The molecule has 0 radical (unpaired) electrons. The first kappa shape index (κ1) is 12.6. The number of aliphatic hydroxyl groups is 1. The Labute approximate surface area is 117 Å². The van der Waals surface area contributed by atoms with Crippen LogP contribution < -0.4 is 4.74 Å². The zero-order chi connectivity index (χ0) is 14.0. The smallest absolute Gasteiger partial charge is 0.124 e. The van der Waals surface area contributed by atoms with Crippen LogP contribution in [0.1, 0.15) is 23.8 Å². The van der Waals surface area contributed by atoms with Gasteiger partial charge in [0.25, 0.3) is 0 Å². The SMILES string of the molecule is N#CC1(C(O)c2ccccn2)CCOc2ccccc21. The van der Waals surface area contributed by atoms with Crippen LogP contribution in [0.5, 0.6) is 5.75 Å². The summed E-state index contributed by atoms with van der Waals surface area (Å²) in [7, 11) is 0. The number of aliphatic hydroxyl groups excluding tert-OH is 1. The van der Waals surface area contributed by atoms with E-state index in [9.17, 15) is 10.4 Å². The first-order valence-electron chi connectivity index (χ1n) is 6.50. The number of rotatable bonds is 2. The van der Waals surface area contributed by atoms with Crippen molar-refractivity contribution in [2.24, 2.45) is 0 Å². The van der Waals surface area contributed by atoms with Crippen LogP contribution in [0.4, 0.5) is 0 Å². The molecular weight excluding hydrogens is 252 g/mol. The Hall–Kier alpha value is -2.38. The van der Waals surface area contributed by atoms with Crippen LogP contribution in [-0.4, -0.2) is 16.7 Å². The lowest BCUT2D eigenvalue weighted by atomic mass is 9.72. The zero-order valence-corrected chi connectivity index (χ0v) is 10.9. The highest BCUT2D eigenvalue weighted by molar-refractivity contribution is 5.47. The molecule has 0 amide bonds. The van der Waals surface area contributed by atoms with Gasteiger partial charge < -0.3 is 9.84 Å². The molecule has 4 heteroatoms. The van der Waals surface area contributed by atoms with Gasteiger partial charge in [-0.1, -0.05) is 24.3 Å². The fourth-order valence-corrected chi connectivity index (χ4v) is 2.67. The molecule has 4 nitrogen and oxygen atoms in total. The van der Waals surface area contributed by atoms with Crippen molar-refractivity contribution in [1.82, 2.24) is 4.98 Å². The molecule has 3 rings (SSSR count). The van der Waals surface area contributed by atoms with Gasteiger partial charge in [0.2, 0.25) is 0 Å². The van der Waals surface area contributed by atoms with E-state index in [1.165, 1.54) is 0 Å². The molecule has 1 aromatic carbocycles. The average molecular weight is 266 g/mol. The van der Waals surface area contributed by atoms with Gasteiger partial charge in [0.15, 0.2) is 0 Å². The monoisotopic (exact) mass is 266 g/mol. The van der Waals surface area contributed by atoms with Crippen molar-refractivity contribution in [2.45, 2.75) is 17.9 Å². The number of ether oxygens (including phenoxy) is 1. The fraction of sp³-hybridized carbons (Fsp3) is 0.250. The van der Waals surface area contributed by atoms with Crippen molar-refractivity contribution in [3.8, 4) is 11.8 Å². The average Bonchev–Trinajstić information content (AvgIpc) is 2.54. The molecule has 2 atom stereocenters. The summed E-state index contributed by atoms with van der Waals surface area (Å²) < 4.78 is 5.58. The second-order valence-corrected chi connectivity index (χ2v) is 4.83.